The SMILES string of the molecule is CCN1[C@H]2CC(c3ccc(C(=O)OC)cc3N)N[C@H]2[C@H](c2cccc(Cl)c2F)[C@]12C(=O)Nc1cc(Cl)ccc12. The van der Waals surface area contributed by atoms with Crippen LogP contribution in [0.4, 0.5) is 15.8 Å². The number of nitrogen functional groups attached to an aromatic ring is 1. The molecule has 3 aromatic rings. The summed E-state index contributed by atoms with van der Waals surface area (Å²) < 4.78 is 20.6. The first kappa shape index (κ1) is 26.1. The van der Waals surface area contributed by atoms with Gasteiger partial charge in [0.1, 0.15) is 11.4 Å². The number of anilines is 2. The van der Waals surface area contributed by atoms with Gasteiger partial charge in [0, 0.05) is 46.0 Å². The second kappa shape index (κ2) is 9.48. The molecule has 3 aromatic carbocycles. The molecule has 2 saturated heterocycles. The first-order chi connectivity index (χ1) is 18.7. The number of nitrogens with zero attached hydrogens (tertiary/aromatic N) is 1. The Bertz CT molecular complexity index is 1520. The van der Waals surface area contributed by atoms with Crippen LogP contribution < -0.4 is 16.4 Å². The summed E-state index contributed by atoms with van der Waals surface area (Å²) in [6, 6.07) is 14.8. The van der Waals surface area contributed by atoms with E-state index >= 15 is 4.39 Å². The van der Waals surface area contributed by atoms with Gasteiger partial charge < -0.3 is 21.1 Å². The third-order valence-corrected chi connectivity index (χ3v) is 9.00. The fourth-order valence-electron chi connectivity index (χ4n) is 7.04. The number of likely N-dealkylation sites (N-methyl/N-ethyl adjacent to an activating group) is 1. The summed E-state index contributed by atoms with van der Waals surface area (Å²) in [5.74, 6) is -1.83. The van der Waals surface area contributed by atoms with Crippen molar-refractivity contribution in [1.29, 1.82) is 0 Å². The molecule has 39 heavy (non-hydrogen) atoms. The molecule has 6 rings (SSSR count). The molecule has 4 N–H and O–H groups in total. The quantitative estimate of drug-likeness (QED) is 0.294. The van der Waals surface area contributed by atoms with Crippen molar-refractivity contribution in [2.75, 3.05) is 24.7 Å². The van der Waals surface area contributed by atoms with E-state index in [1.54, 1.807) is 36.4 Å². The zero-order chi connectivity index (χ0) is 27.6. The molecule has 2 fully saturated rings. The van der Waals surface area contributed by atoms with E-state index in [-0.39, 0.29) is 29.1 Å². The minimum absolute atomic E-state index is 0.000994. The Labute approximate surface area is 235 Å². The van der Waals surface area contributed by atoms with Crippen LogP contribution in [0.5, 0.6) is 0 Å². The maximum Gasteiger partial charge on any atom is 0.337 e. The maximum absolute atomic E-state index is 15.8. The molecule has 202 valence electrons. The molecule has 1 amide bonds. The Balaban J connectivity index is 1.50. The molecular weight excluding hydrogens is 542 g/mol. The molecule has 7 nitrogen and oxygen atoms in total. The smallest absolute Gasteiger partial charge is 0.337 e. The van der Waals surface area contributed by atoms with Crippen molar-refractivity contribution in [3.63, 3.8) is 0 Å². The lowest BCUT2D eigenvalue weighted by Gasteiger charge is -2.40. The van der Waals surface area contributed by atoms with Crippen molar-refractivity contribution < 1.29 is 18.7 Å². The predicted octanol–water partition coefficient (Wildman–Crippen LogP) is 5.24. The number of methoxy groups -OCH3 is 1. The molecule has 3 aliphatic rings. The summed E-state index contributed by atoms with van der Waals surface area (Å²) in [6.45, 7) is 2.55. The summed E-state index contributed by atoms with van der Waals surface area (Å²) in [5.41, 5.74) is 8.63. The average molecular weight is 569 g/mol. The van der Waals surface area contributed by atoms with Crippen LogP contribution in [0.25, 0.3) is 0 Å². The number of esters is 1. The van der Waals surface area contributed by atoms with Crippen LogP contribution in [-0.2, 0) is 15.1 Å². The number of nitrogens with two attached hydrogens (primary N) is 1. The van der Waals surface area contributed by atoms with Crippen molar-refractivity contribution in [3.05, 3.63) is 92.7 Å². The predicted molar refractivity (Wildman–Crippen MR) is 149 cm³/mol. The van der Waals surface area contributed by atoms with Gasteiger partial charge in [-0.1, -0.05) is 54.4 Å². The monoisotopic (exact) mass is 568 g/mol. The molecule has 0 saturated carbocycles. The summed E-state index contributed by atoms with van der Waals surface area (Å²) in [5, 5.41) is 7.22. The van der Waals surface area contributed by atoms with Gasteiger partial charge in [-0.3, -0.25) is 9.69 Å². The highest BCUT2D eigenvalue weighted by molar-refractivity contribution is 6.31. The molecule has 10 heteroatoms. The van der Waals surface area contributed by atoms with Crippen molar-refractivity contribution in [2.24, 2.45) is 0 Å². The maximum atomic E-state index is 15.8. The van der Waals surface area contributed by atoms with E-state index in [2.05, 4.69) is 15.5 Å². The van der Waals surface area contributed by atoms with Crippen LogP contribution >= 0.6 is 23.2 Å². The third kappa shape index (κ3) is 3.69. The van der Waals surface area contributed by atoms with Gasteiger partial charge in [0.2, 0.25) is 5.91 Å². The van der Waals surface area contributed by atoms with Gasteiger partial charge in [-0.05, 0) is 54.4 Å². The van der Waals surface area contributed by atoms with Gasteiger partial charge in [0.05, 0.1) is 17.7 Å². The first-order valence-corrected chi connectivity index (χ1v) is 13.5. The van der Waals surface area contributed by atoms with Crippen LogP contribution in [0.1, 0.15) is 52.4 Å². The molecule has 1 spiro atoms. The van der Waals surface area contributed by atoms with Gasteiger partial charge in [0.15, 0.2) is 0 Å². The number of amides is 1. The number of halogens is 3. The number of ether oxygens (including phenoxy) is 1. The van der Waals surface area contributed by atoms with Crippen LogP contribution in [0, 0.1) is 5.82 Å². The Kier molecular flexibility index (Phi) is 6.34. The van der Waals surface area contributed by atoms with Gasteiger partial charge in [0.25, 0.3) is 0 Å². The molecule has 0 aliphatic carbocycles. The van der Waals surface area contributed by atoms with E-state index in [1.807, 2.05) is 19.1 Å². The minimum Gasteiger partial charge on any atom is -0.465 e. The second-order valence-corrected chi connectivity index (χ2v) is 11.0. The Morgan fingerprint density at radius 3 is 2.69 bits per heavy atom. The first-order valence-electron chi connectivity index (χ1n) is 12.8. The molecule has 0 aromatic heterocycles. The summed E-state index contributed by atoms with van der Waals surface area (Å²) in [7, 11) is 1.32. The van der Waals surface area contributed by atoms with Crippen LogP contribution in [0.15, 0.2) is 54.6 Å². The van der Waals surface area contributed by atoms with E-state index in [1.165, 1.54) is 13.2 Å². The van der Waals surface area contributed by atoms with E-state index < -0.39 is 23.2 Å². The Hall–Kier alpha value is -3.17. The van der Waals surface area contributed by atoms with Crippen molar-refractivity contribution in [3.8, 4) is 0 Å². The highest BCUT2D eigenvalue weighted by Crippen LogP contribution is 2.60. The third-order valence-electron chi connectivity index (χ3n) is 8.48. The van der Waals surface area contributed by atoms with Gasteiger partial charge in [-0.15, -0.1) is 0 Å². The van der Waals surface area contributed by atoms with Crippen molar-refractivity contribution in [1.82, 2.24) is 10.2 Å². The Morgan fingerprint density at radius 1 is 1.18 bits per heavy atom. The normalized spacial score (nSPS) is 27.5. The fourth-order valence-corrected chi connectivity index (χ4v) is 7.40. The molecule has 1 unspecified atom stereocenters. The Morgan fingerprint density at radius 2 is 1.97 bits per heavy atom. The average Bonchev–Trinajstić information content (AvgIpc) is 3.54. The summed E-state index contributed by atoms with van der Waals surface area (Å²) >= 11 is 12.6. The topological polar surface area (TPSA) is 96.7 Å². The number of likely N-dealkylation sites (tertiary alicyclic amines) is 1. The zero-order valence-corrected chi connectivity index (χ0v) is 22.8. The van der Waals surface area contributed by atoms with Crippen LogP contribution in [-0.4, -0.2) is 42.5 Å². The number of carbonyl (C=O) groups excluding carboxylic acids is 2. The summed E-state index contributed by atoms with van der Waals surface area (Å²) in [6.07, 6.45) is 0.622. The number of fused-ring (bicyclic) bond motifs is 3. The minimum atomic E-state index is -1.17. The van der Waals surface area contributed by atoms with Crippen molar-refractivity contribution in [2.45, 2.75) is 42.9 Å². The van der Waals surface area contributed by atoms with Gasteiger partial charge in [-0.2, -0.15) is 0 Å². The number of rotatable bonds is 4. The highest BCUT2D eigenvalue weighted by atomic mass is 35.5. The van der Waals surface area contributed by atoms with Gasteiger partial charge >= 0.3 is 5.97 Å². The molecule has 3 heterocycles. The number of hydrogen-bond donors (Lipinski definition) is 3. The second-order valence-electron chi connectivity index (χ2n) is 10.2. The fraction of sp³-hybridized carbons (Fsp3) is 0.310. The van der Waals surface area contributed by atoms with Crippen LogP contribution in [0.2, 0.25) is 10.0 Å². The standard InChI is InChI=1S/C29H27Cl2FN4O3/c1-3-36-23-13-21(16-9-7-14(11-20(16)33)27(37)39-2)34-26(23)24(17-5-4-6-19(31)25(17)32)29(36)18-10-8-15(30)12-22(18)35-28(29)38/h4-12,21,23-24,26,34H,3,13,33H2,1-2H3,(H,35,38)/t21?,23-,24-,26+,29+/m0/s1. The molecule has 0 radical (unpaired) electrons. The van der Waals surface area contributed by atoms with E-state index in [4.69, 9.17) is 33.7 Å². The van der Waals surface area contributed by atoms with E-state index in [0.717, 1.165) is 11.1 Å². The number of carbonyl (C=O) groups is 2. The molecule has 0 bridgehead atoms. The van der Waals surface area contributed by atoms with Crippen LogP contribution in [0.3, 0.4) is 0 Å². The van der Waals surface area contributed by atoms with Crippen molar-refractivity contribution >= 4 is 46.5 Å². The number of benzene rings is 3. The lowest BCUT2D eigenvalue weighted by atomic mass is 9.73. The zero-order valence-electron chi connectivity index (χ0n) is 21.3. The largest absolute Gasteiger partial charge is 0.465 e. The molecule has 3 aliphatic heterocycles. The lowest BCUT2D eigenvalue weighted by Crippen LogP contribution is -2.52. The van der Waals surface area contributed by atoms with Gasteiger partial charge in [-0.25, -0.2) is 9.18 Å². The molecular formula is C29H27Cl2FN4O3. The lowest BCUT2D eigenvalue weighted by molar-refractivity contribution is -0.127. The van der Waals surface area contributed by atoms with E-state index in [0.29, 0.717) is 40.5 Å². The summed E-state index contributed by atoms with van der Waals surface area (Å²) in [4.78, 5) is 28.2. The number of nitrogens with one attached hydrogen (secondary N) is 2. The van der Waals surface area contributed by atoms with E-state index in [9.17, 15) is 9.59 Å². The molecule has 5 atom stereocenters. The number of hydrogen-bond acceptors (Lipinski definition) is 6. The highest BCUT2D eigenvalue weighted by Gasteiger charge is 2.68.